The lowest BCUT2D eigenvalue weighted by atomic mass is 9.84. The number of rotatable bonds is 8. The van der Waals surface area contributed by atoms with Gasteiger partial charge in [0.05, 0.1) is 24.4 Å². The molecule has 2 aliphatic rings. The minimum atomic E-state index is -0.846. The molecule has 6 rings (SSSR count). The Labute approximate surface area is 258 Å². The fourth-order valence-corrected chi connectivity index (χ4v) is 6.40. The molecule has 4 aromatic rings. The highest BCUT2D eigenvalue weighted by molar-refractivity contribution is 6.30. The van der Waals surface area contributed by atoms with Crippen LogP contribution in [0.3, 0.4) is 0 Å². The minimum absolute atomic E-state index is 0.0110. The number of aliphatic hydroxyl groups excluding tert-OH is 1. The number of ether oxygens (including phenoxy) is 2. The van der Waals surface area contributed by atoms with Crippen LogP contribution in [0.5, 0.6) is 0 Å². The average molecular weight is 599 g/mol. The normalized spacial score (nSPS) is 22.4. The first-order chi connectivity index (χ1) is 20.9. The van der Waals surface area contributed by atoms with Crippen molar-refractivity contribution in [1.29, 1.82) is 0 Å². The SMILES string of the molecule is NCc1ccccc1-c1ccc([C@H]2O[C@@H](CN3CCC(O)(c4ccc(Cl)cc4)CC3)C[C@@H](c3ccc(CO)cc3)O2)cc1. The number of hydrogen-bond donors (Lipinski definition) is 3. The molecular formula is C36H39ClN2O4. The average Bonchev–Trinajstić information content (AvgIpc) is 3.06. The summed E-state index contributed by atoms with van der Waals surface area (Å²) in [5.41, 5.74) is 12.3. The van der Waals surface area contributed by atoms with Crippen LogP contribution >= 0.6 is 11.6 Å². The van der Waals surface area contributed by atoms with Crippen LogP contribution in [0.15, 0.2) is 97.1 Å². The van der Waals surface area contributed by atoms with Crippen LogP contribution in [-0.2, 0) is 28.2 Å². The van der Waals surface area contributed by atoms with E-state index in [4.69, 9.17) is 26.8 Å². The Morgan fingerprint density at radius 1 is 0.837 bits per heavy atom. The Bertz CT molecular complexity index is 1490. The number of likely N-dealkylation sites (tertiary alicyclic amines) is 1. The molecule has 7 heteroatoms. The maximum absolute atomic E-state index is 11.4. The molecule has 224 valence electrons. The lowest BCUT2D eigenvalue weighted by Gasteiger charge is -2.42. The molecule has 2 heterocycles. The fraction of sp³-hybridized carbons (Fsp3) is 0.333. The number of nitrogens with two attached hydrogens (primary N) is 1. The van der Waals surface area contributed by atoms with Crippen molar-refractivity contribution in [2.45, 2.75) is 56.5 Å². The molecule has 0 radical (unpaired) electrons. The van der Waals surface area contributed by atoms with Gasteiger partial charge in [0.1, 0.15) is 0 Å². The molecule has 6 nitrogen and oxygen atoms in total. The predicted molar refractivity (Wildman–Crippen MR) is 169 cm³/mol. The van der Waals surface area contributed by atoms with Gasteiger partial charge in [0.2, 0.25) is 0 Å². The third kappa shape index (κ3) is 6.87. The van der Waals surface area contributed by atoms with Crippen molar-refractivity contribution in [2.75, 3.05) is 19.6 Å². The van der Waals surface area contributed by atoms with Crippen molar-refractivity contribution < 1.29 is 19.7 Å². The zero-order valence-electron chi connectivity index (χ0n) is 24.2. The van der Waals surface area contributed by atoms with Gasteiger partial charge in [-0.3, -0.25) is 0 Å². The number of nitrogens with zero attached hydrogens (tertiary/aromatic N) is 1. The number of hydrogen-bond acceptors (Lipinski definition) is 6. The third-order valence-corrected chi connectivity index (χ3v) is 9.12. The van der Waals surface area contributed by atoms with Gasteiger partial charge in [-0.2, -0.15) is 0 Å². The van der Waals surface area contributed by atoms with Gasteiger partial charge in [-0.1, -0.05) is 96.5 Å². The van der Waals surface area contributed by atoms with E-state index >= 15 is 0 Å². The number of aliphatic hydroxyl groups is 2. The molecule has 0 aromatic heterocycles. The molecule has 0 saturated carbocycles. The van der Waals surface area contributed by atoms with Crippen LogP contribution in [0.1, 0.15) is 59.5 Å². The zero-order chi connectivity index (χ0) is 29.8. The summed E-state index contributed by atoms with van der Waals surface area (Å²) in [6.07, 6.45) is 1.30. The van der Waals surface area contributed by atoms with Crippen molar-refractivity contribution in [2.24, 2.45) is 5.73 Å². The molecular weight excluding hydrogens is 560 g/mol. The minimum Gasteiger partial charge on any atom is -0.392 e. The standard InChI is InChI=1S/C36H39ClN2O4/c37-31-15-13-30(14-16-31)36(41)17-19-39(20-18-36)23-32-21-34(27-7-5-25(24-40)6-8-27)43-35(42-32)28-11-9-26(10-12-28)33-4-2-1-3-29(33)22-38/h1-16,32,34-35,40-41H,17-24,38H2/t32-,34+,35+/m1/s1. The van der Waals surface area contributed by atoms with E-state index in [2.05, 4.69) is 41.3 Å². The van der Waals surface area contributed by atoms with Gasteiger partial charge in [-0.05, 0) is 58.4 Å². The Kier molecular flexibility index (Phi) is 9.26. The van der Waals surface area contributed by atoms with Gasteiger partial charge >= 0.3 is 0 Å². The Morgan fingerprint density at radius 2 is 1.51 bits per heavy atom. The molecule has 2 fully saturated rings. The molecule has 2 saturated heterocycles. The lowest BCUT2D eigenvalue weighted by Crippen LogP contribution is -2.46. The molecule has 4 aromatic carbocycles. The van der Waals surface area contributed by atoms with Crippen molar-refractivity contribution in [1.82, 2.24) is 4.90 Å². The second-order valence-electron chi connectivity index (χ2n) is 11.7. The van der Waals surface area contributed by atoms with Crippen molar-refractivity contribution in [3.63, 3.8) is 0 Å². The molecule has 3 atom stereocenters. The lowest BCUT2D eigenvalue weighted by molar-refractivity contribution is -0.253. The Morgan fingerprint density at radius 3 is 2.19 bits per heavy atom. The molecule has 4 N–H and O–H groups in total. The first kappa shape index (κ1) is 30.0. The van der Waals surface area contributed by atoms with E-state index < -0.39 is 11.9 Å². The Balaban J connectivity index is 1.18. The summed E-state index contributed by atoms with van der Waals surface area (Å²) in [6.45, 7) is 2.80. The van der Waals surface area contributed by atoms with Crippen LogP contribution in [0.2, 0.25) is 5.02 Å². The Hall–Kier alpha value is -3.07. The maximum Gasteiger partial charge on any atom is 0.184 e. The van der Waals surface area contributed by atoms with Crippen LogP contribution in [0.4, 0.5) is 0 Å². The van der Waals surface area contributed by atoms with E-state index in [1.807, 2.05) is 60.7 Å². The topological polar surface area (TPSA) is 88.2 Å². The van der Waals surface area contributed by atoms with Crippen molar-refractivity contribution in [3.05, 3.63) is 130 Å². The van der Waals surface area contributed by atoms with Gasteiger partial charge < -0.3 is 30.3 Å². The second-order valence-corrected chi connectivity index (χ2v) is 12.1. The quantitative estimate of drug-likeness (QED) is 0.215. The molecule has 2 aliphatic heterocycles. The third-order valence-electron chi connectivity index (χ3n) is 8.87. The summed E-state index contributed by atoms with van der Waals surface area (Å²) in [5.74, 6) is 0. The molecule has 0 aliphatic carbocycles. The van der Waals surface area contributed by atoms with E-state index in [1.165, 1.54) is 0 Å². The van der Waals surface area contributed by atoms with E-state index in [0.29, 0.717) is 24.4 Å². The maximum atomic E-state index is 11.4. The smallest absolute Gasteiger partial charge is 0.184 e. The van der Waals surface area contributed by atoms with Gasteiger partial charge in [0, 0.05) is 43.2 Å². The van der Waals surface area contributed by atoms with Crippen molar-refractivity contribution in [3.8, 4) is 11.1 Å². The molecule has 0 amide bonds. The summed E-state index contributed by atoms with van der Waals surface area (Å²) in [7, 11) is 0. The number of halogens is 1. The summed E-state index contributed by atoms with van der Waals surface area (Å²) in [5, 5.41) is 21.6. The van der Waals surface area contributed by atoms with E-state index in [9.17, 15) is 10.2 Å². The highest BCUT2D eigenvalue weighted by atomic mass is 35.5. The monoisotopic (exact) mass is 598 g/mol. The highest BCUT2D eigenvalue weighted by Crippen LogP contribution is 2.40. The van der Waals surface area contributed by atoms with Crippen LogP contribution in [0.25, 0.3) is 11.1 Å². The largest absolute Gasteiger partial charge is 0.392 e. The summed E-state index contributed by atoms with van der Waals surface area (Å²) in [4.78, 5) is 2.39. The van der Waals surface area contributed by atoms with Gasteiger partial charge in [0.25, 0.3) is 0 Å². The molecule has 0 spiro atoms. The first-order valence-corrected chi connectivity index (χ1v) is 15.4. The van der Waals surface area contributed by atoms with Crippen LogP contribution < -0.4 is 5.73 Å². The first-order valence-electron chi connectivity index (χ1n) is 15.0. The predicted octanol–water partition coefficient (Wildman–Crippen LogP) is 6.49. The van der Waals surface area contributed by atoms with Gasteiger partial charge in [0.15, 0.2) is 6.29 Å². The summed E-state index contributed by atoms with van der Waals surface area (Å²) in [6, 6.07) is 32.1. The van der Waals surface area contributed by atoms with Crippen LogP contribution in [-0.4, -0.2) is 40.9 Å². The van der Waals surface area contributed by atoms with Gasteiger partial charge in [-0.25, -0.2) is 0 Å². The molecule has 0 unspecified atom stereocenters. The van der Waals surface area contributed by atoms with E-state index in [-0.39, 0.29) is 18.8 Å². The summed E-state index contributed by atoms with van der Waals surface area (Å²) >= 11 is 6.07. The number of benzene rings is 4. The summed E-state index contributed by atoms with van der Waals surface area (Å²) < 4.78 is 13.2. The number of piperidine rings is 1. The highest BCUT2D eigenvalue weighted by Gasteiger charge is 2.37. The molecule has 0 bridgehead atoms. The van der Waals surface area contributed by atoms with E-state index in [1.54, 1.807) is 0 Å². The molecule has 43 heavy (non-hydrogen) atoms. The fourth-order valence-electron chi connectivity index (χ4n) is 6.28. The van der Waals surface area contributed by atoms with E-state index in [0.717, 1.165) is 65.0 Å². The van der Waals surface area contributed by atoms with Crippen LogP contribution in [0, 0.1) is 0 Å². The van der Waals surface area contributed by atoms with Gasteiger partial charge in [-0.15, -0.1) is 0 Å². The zero-order valence-corrected chi connectivity index (χ0v) is 25.0. The second kappa shape index (κ2) is 13.3. The van der Waals surface area contributed by atoms with Crippen molar-refractivity contribution >= 4 is 11.6 Å².